The van der Waals surface area contributed by atoms with Gasteiger partial charge in [0.15, 0.2) is 0 Å². The molecule has 1 aliphatic rings. The largest absolute Gasteiger partial charge is 0 e. The van der Waals surface area contributed by atoms with Crippen molar-refractivity contribution < 1.29 is 35.0 Å². The zero-order valence-electron chi connectivity index (χ0n) is 38.4. The standard InChI is InChI=1S/C36H49.C13H21.3CO.Mo.Sn/c1-21(2)29-17-31(23(5)6)35(32(18-29)24(7)8)27-14-13-15-28(16-27)36-33(25(9)10)19-30(22(3)4)20-34(36)26(11)12;1-12(2,3)10-7-8-11(9-10)13(4,5)6;3*1-2;;/h13-15,17-26H,1-12H3;7-9H,1-6H3;;;;;. The molecular formula is C52H70MoO3Sn. The first-order chi connectivity index (χ1) is 26.0. The van der Waals surface area contributed by atoms with E-state index in [1.807, 2.05) is 0 Å². The van der Waals surface area contributed by atoms with Crippen LogP contribution in [0, 0.1) is 37.2 Å². The zero-order valence-corrected chi connectivity index (χ0v) is 43.2. The molecule has 0 unspecified atom stereocenters. The number of benzene rings is 3. The Kier molecular flexibility index (Phi) is 25.4. The fraction of sp³-hybridized carbons (Fsp3) is 0.500. The topological polar surface area (TPSA) is 59.7 Å². The summed E-state index contributed by atoms with van der Waals surface area (Å²) < 4.78 is 24.0. The summed E-state index contributed by atoms with van der Waals surface area (Å²) in [6, 6.07) is 17.1. The number of rotatable bonds is 8. The second-order valence-corrected chi connectivity index (χ2v) is 20.1. The van der Waals surface area contributed by atoms with Gasteiger partial charge in [0.25, 0.3) is 0 Å². The summed E-state index contributed by atoms with van der Waals surface area (Å²) in [6.45, 7) is 55.2. The van der Waals surface area contributed by atoms with Gasteiger partial charge in [0, 0.05) is 27.5 Å². The Morgan fingerprint density at radius 1 is 0.474 bits per heavy atom. The number of allylic oxidation sites excluding steroid dienone is 4. The van der Waals surface area contributed by atoms with E-state index in [4.69, 9.17) is 14.0 Å². The van der Waals surface area contributed by atoms with Gasteiger partial charge < -0.3 is 0 Å². The molecule has 5 heteroatoms. The maximum atomic E-state index is 7.50. The van der Waals surface area contributed by atoms with Gasteiger partial charge in [-0.25, -0.2) is 0 Å². The molecule has 1 aliphatic carbocycles. The maximum absolute atomic E-state index is 7.50. The van der Waals surface area contributed by atoms with Crippen molar-refractivity contribution in [1.29, 1.82) is 0 Å². The van der Waals surface area contributed by atoms with Crippen LogP contribution in [-0.2, 0) is 35.0 Å². The first-order valence-corrected chi connectivity index (χ1v) is 21.5. The zero-order chi connectivity index (χ0) is 44.0. The molecule has 0 aromatic heterocycles. The van der Waals surface area contributed by atoms with Crippen molar-refractivity contribution in [3.63, 3.8) is 0 Å². The van der Waals surface area contributed by atoms with Gasteiger partial charge in [0.1, 0.15) is 0 Å². The van der Waals surface area contributed by atoms with Crippen LogP contribution in [0.15, 0.2) is 65.8 Å². The fourth-order valence-corrected chi connectivity index (χ4v) is 8.07. The monoisotopic (exact) mass is 960 g/mol. The number of hydrogen-bond donors (Lipinski definition) is 0. The van der Waals surface area contributed by atoms with Crippen molar-refractivity contribution in [3.05, 3.63) is 126 Å². The molecule has 4 radical (unpaired) electrons. The molecule has 0 spiro atoms. The summed E-state index contributed by atoms with van der Waals surface area (Å²) in [5.41, 5.74) is 18.2. The first-order valence-electron chi connectivity index (χ1n) is 20.1. The minimum absolute atomic E-state index is 0. The Bertz CT molecular complexity index is 1680. The van der Waals surface area contributed by atoms with E-state index in [0.29, 0.717) is 35.5 Å². The van der Waals surface area contributed by atoms with E-state index in [1.165, 1.54) is 92.9 Å². The van der Waals surface area contributed by atoms with Crippen molar-refractivity contribution in [1.82, 2.24) is 0 Å². The molecule has 306 valence electrons. The Balaban J connectivity index is 0. The van der Waals surface area contributed by atoms with Gasteiger partial charge in [0.05, 0.1) is 0 Å². The van der Waals surface area contributed by atoms with Gasteiger partial charge in [-0.15, -0.1) is 0 Å². The summed E-state index contributed by atoms with van der Waals surface area (Å²) in [6.07, 6.45) is 6.83. The molecule has 0 atom stereocenters. The van der Waals surface area contributed by atoms with Gasteiger partial charge in [-0.2, -0.15) is 0 Å². The van der Waals surface area contributed by atoms with Crippen LogP contribution in [0.4, 0.5) is 0 Å². The number of hydrogen-bond acceptors (Lipinski definition) is 0. The predicted molar refractivity (Wildman–Crippen MR) is 238 cm³/mol. The van der Waals surface area contributed by atoms with Crippen LogP contribution in [-0.4, -0.2) is 22.5 Å². The van der Waals surface area contributed by atoms with Gasteiger partial charge in [-0.05, 0) is 16.4 Å². The molecule has 57 heavy (non-hydrogen) atoms. The van der Waals surface area contributed by atoms with Crippen LogP contribution in [0.5, 0.6) is 0 Å². The van der Waals surface area contributed by atoms with E-state index >= 15 is 0 Å². The molecule has 0 heterocycles. The maximum Gasteiger partial charge on any atom is 0 e. The van der Waals surface area contributed by atoms with Gasteiger partial charge in [-0.1, -0.05) is 59.3 Å². The Morgan fingerprint density at radius 2 is 0.754 bits per heavy atom. The van der Waals surface area contributed by atoms with Gasteiger partial charge in [0.2, 0.25) is 0 Å². The summed E-state index contributed by atoms with van der Waals surface area (Å²) in [5.74, 6) is 2.98. The van der Waals surface area contributed by atoms with Crippen LogP contribution >= 0.6 is 0 Å². The summed E-state index contributed by atoms with van der Waals surface area (Å²) in [5, 5.41) is 0. The Labute approximate surface area is 377 Å². The van der Waals surface area contributed by atoms with E-state index in [1.54, 1.807) is 0 Å². The smallest absolute Gasteiger partial charge is 0 e. The minimum atomic E-state index is 0. The van der Waals surface area contributed by atoms with Crippen LogP contribution in [0.25, 0.3) is 22.3 Å². The van der Waals surface area contributed by atoms with E-state index in [0.717, 1.165) is 0 Å². The van der Waals surface area contributed by atoms with E-state index in [-0.39, 0.29) is 31.9 Å². The van der Waals surface area contributed by atoms with Crippen LogP contribution < -0.4 is 3.58 Å². The molecule has 0 N–H and O–H groups in total. The Morgan fingerprint density at radius 3 is 0.947 bits per heavy atom. The molecule has 0 saturated heterocycles. The molecule has 3 nitrogen and oxygen atoms in total. The van der Waals surface area contributed by atoms with Crippen molar-refractivity contribution in [3.8, 4) is 22.3 Å². The predicted octanol–water partition coefficient (Wildman–Crippen LogP) is 14.6. The van der Waals surface area contributed by atoms with E-state index in [2.05, 4.69) is 206 Å². The molecule has 0 fully saturated rings. The molecule has 0 saturated carbocycles. The van der Waals surface area contributed by atoms with Crippen molar-refractivity contribution in [2.75, 3.05) is 0 Å². The average Bonchev–Trinajstić information content (AvgIpc) is 3.66. The molecule has 3 aromatic rings. The normalized spacial score (nSPS) is 12.3. The van der Waals surface area contributed by atoms with Crippen LogP contribution in [0.3, 0.4) is 0 Å². The third-order valence-electron chi connectivity index (χ3n) is 10.4. The molecule has 0 amide bonds. The second-order valence-electron chi connectivity index (χ2n) is 18.7. The van der Waals surface area contributed by atoms with E-state index in [9.17, 15) is 0 Å². The summed E-state index contributed by atoms with van der Waals surface area (Å²) in [4.78, 5) is 0. The first kappa shape index (κ1) is 56.9. The van der Waals surface area contributed by atoms with Crippen molar-refractivity contribution in [2.45, 2.75) is 160 Å². The summed E-state index contributed by atoms with van der Waals surface area (Å²) in [7, 11) is 0. The fourth-order valence-electron chi connectivity index (χ4n) is 6.88. The van der Waals surface area contributed by atoms with Crippen LogP contribution in [0.1, 0.15) is 194 Å². The minimum Gasteiger partial charge on any atom is 0 e. The molecule has 4 rings (SSSR count). The second kappa shape index (κ2) is 25.5. The van der Waals surface area contributed by atoms with Gasteiger partial charge >= 0.3 is 277 Å². The summed E-state index contributed by atoms with van der Waals surface area (Å²) >= 11 is 1.49. The van der Waals surface area contributed by atoms with Crippen molar-refractivity contribution in [2.24, 2.45) is 10.8 Å². The molecule has 0 aliphatic heterocycles. The third-order valence-corrected chi connectivity index (χ3v) is 11.9. The Hall–Kier alpha value is -2.15. The molecule has 0 bridgehead atoms. The molecular weight excluding hydrogens is 887 g/mol. The SMILES string of the molecule is CC(C)(C)C1=CC(C(C)(C)C)=C[CH]1.CC(C)c1cc(C(C)C)c(-c2cccc(-c3c(C(C)C)cc(C(C)C)cc3C(C)C)[c]2[Sn])c(C(C)C)c1.[C-]#[O+].[C-]#[O+].[C-]#[O+].[Mo]. The third kappa shape index (κ3) is 15.4. The quantitative estimate of drug-likeness (QED) is 0.123. The van der Waals surface area contributed by atoms with Crippen molar-refractivity contribution >= 4 is 26.1 Å². The average molecular weight is 958 g/mol. The van der Waals surface area contributed by atoms with E-state index < -0.39 is 0 Å². The van der Waals surface area contributed by atoms with Gasteiger partial charge in [-0.3, -0.25) is 0 Å². The van der Waals surface area contributed by atoms with Crippen LogP contribution in [0.2, 0.25) is 0 Å². The molecule has 3 aromatic carbocycles.